The van der Waals surface area contributed by atoms with Crippen LogP contribution in [0.1, 0.15) is 24.0 Å². The maximum atomic E-state index is 5.92. The van der Waals surface area contributed by atoms with Crippen LogP contribution >= 0.6 is 11.6 Å². The summed E-state index contributed by atoms with van der Waals surface area (Å²) in [7, 11) is 0. The fraction of sp³-hybridized carbons (Fsp3) is 0.125. The molecule has 0 bridgehead atoms. The molecule has 0 spiro atoms. The van der Waals surface area contributed by atoms with Gasteiger partial charge in [-0.2, -0.15) is 0 Å². The molecule has 86 valence electrons. The fourth-order valence-electron chi connectivity index (χ4n) is 1.94. The number of benzene rings is 2. The summed E-state index contributed by atoms with van der Waals surface area (Å²) in [5, 5.41) is 0.779. The van der Waals surface area contributed by atoms with E-state index in [4.69, 9.17) is 11.6 Å². The summed E-state index contributed by atoms with van der Waals surface area (Å²) in [5.41, 5.74) is 2.56. The van der Waals surface area contributed by atoms with Crippen LogP contribution < -0.4 is 0 Å². The molecule has 2 aromatic rings. The Balaban J connectivity index is 2.39. The molecule has 0 aliphatic heterocycles. The van der Waals surface area contributed by atoms with Gasteiger partial charge in [-0.1, -0.05) is 66.2 Å². The molecule has 17 heavy (non-hydrogen) atoms. The Kier molecular flexibility index (Phi) is 4.00. The lowest BCUT2D eigenvalue weighted by Crippen LogP contribution is -1.97. The maximum absolute atomic E-state index is 5.92. The second kappa shape index (κ2) is 5.70. The Hall–Kier alpha value is -1.53. The summed E-state index contributed by atoms with van der Waals surface area (Å²) in [6, 6.07) is 18.5. The minimum absolute atomic E-state index is 0.304. The van der Waals surface area contributed by atoms with Gasteiger partial charge in [-0.25, -0.2) is 0 Å². The zero-order chi connectivity index (χ0) is 12.1. The summed E-state index contributed by atoms with van der Waals surface area (Å²) < 4.78 is 0. The van der Waals surface area contributed by atoms with Gasteiger partial charge >= 0.3 is 0 Å². The van der Waals surface area contributed by atoms with Gasteiger partial charge in [0.1, 0.15) is 0 Å². The smallest absolute Gasteiger partial charge is 0.0406 e. The first-order valence-corrected chi connectivity index (χ1v) is 6.12. The number of hydrogen-bond donors (Lipinski definition) is 0. The zero-order valence-corrected chi connectivity index (χ0v) is 10.6. The molecule has 0 aromatic heterocycles. The molecule has 0 saturated heterocycles. The lowest BCUT2D eigenvalue weighted by molar-refractivity contribution is 1.02. The van der Waals surface area contributed by atoms with Crippen LogP contribution in [0.25, 0.3) is 0 Å². The van der Waals surface area contributed by atoms with E-state index in [-0.39, 0.29) is 0 Å². The van der Waals surface area contributed by atoms with E-state index in [1.165, 1.54) is 11.1 Å². The highest BCUT2D eigenvalue weighted by atomic mass is 35.5. The second-order valence-electron chi connectivity index (χ2n) is 3.97. The maximum Gasteiger partial charge on any atom is 0.0406 e. The van der Waals surface area contributed by atoms with Gasteiger partial charge in [0.05, 0.1) is 0 Å². The lowest BCUT2D eigenvalue weighted by Gasteiger charge is -2.13. The first kappa shape index (κ1) is 11.9. The van der Waals surface area contributed by atoms with E-state index >= 15 is 0 Å². The highest BCUT2D eigenvalue weighted by Crippen LogP contribution is 2.26. The average molecular weight is 243 g/mol. The minimum atomic E-state index is 0.304. The van der Waals surface area contributed by atoms with Crippen LogP contribution in [0.4, 0.5) is 0 Å². The van der Waals surface area contributed by atoms with Gasteiger partial charge in [0.15, 0.2) is 0 Å². The van der Waals surface area contributed by atoms with Crippen molar-refractivity contribution in [2.24, 2.45) is 0 Å². The molecule has 0 heterocycles. The van der Waals surface area contributed by atoms with Gasteiger partial charge in [-0.3, -0.25) is 0 Å². The van der Waals surface area contributed by atoms with E-state index in [1.54, 1.807) is 0 Å². The molecule has 0 amide bonds. The summed E-state index contributed by atoms with van der Waals surface area (Å²) in [6.07, 6.45) is 4.30. The van der Waals surface area contributed by atoms with Crippen molar-refractivity contribution < 1.29 is 0 Å². The van der Waals surface area contributed by atoms with E-state index in [2.05, 4.69) is 48.6 Å². The normalized spacial score (nSPS) is 12.8. The molecule has 1 unspecified atom stereocenters. The highest BCUT2D eigenvalue weighted by Gasteiger charge is 2.09. The third-order valence-corrected chi connectivity index (χ3v) is 3.02. The fourth-order valence-corrected chi connectivity index (χ4v) is 2.06. The summed E-state index contributed by atoms with van der Waals surface area (Å²) >= 11 is 5.92. The van der Waals surface area contributed by atoms with E-state index in [0.29, 0.717) is 5.92 Å². The molecule has 0 aliphatic carbocycles. The van der Waals surface area contributed by atoms with Gasteiger partial charge in [0, 0.05) is 10.9 Å². The van der Waals surface area contributed by atoms with Crippen molar-refractivity contribution in [3.8, 4) is 0 Å². The van der Waals surface area contributed by atoms with Gasteiger partial charge in [0.2, 0.25) is 0 Å². The monoisotopic (exact) mass is 242 g/mol. The van der Waals surface area contributed by atoms with Gasteiger partial charge in [-0.15, -0.1) is 0 Å². The second-order valence-corrected chi connectivity index (χ2v) is 4.40. The van der Waals surface area contributed by atoms with E-state index < -0.39 is 0 Å². The quantitative estimate of drug-likeness (QED) is 0.661. The number of halogens is 1. The molecule has 0 fully saturated rings. The highest BCUT2D eigenvalue weighted by molar-refractivity contribution is 6.30. The Morgan fingerprint density at radius 3 is 2.06 bits per heavy atom. The molecule has 2 aromatic carbocycles. The molecule has 0 aliphatic rings. The molecular weight excluding hydrogens is 228 g/mol. The predicted molar refractivity (Wildman–Crippen MR) is 74.6 cm³/mol. The van der Waals surface area contributed by atoms with Crippen LogP contribution in [0, 0.1) is 0 Å². The zero-order valence-electron chi connectivity index (χ0n) is 9.81. The van der Waals surface area contributed by atoms with Crippen LogP contribution in [0.3, 0.4) is 0 Å². The molecule has 0 N–H and O–H groups in total. The van der Waals surface area contributed by atoms with Gasteiger partial charge in [-0.05, 0) is 30.2 Å². The Labute approximate surface area is 108 Å². The molecule has 0 saturated carbocycles. The van der Waals surface area contributed by atoms with Gasteiger partial charge in [0.25, 0.3) is 0 Å². The molecule has 0 nitrogen and oxygen atoms in total. The first-order chi connectivity index (χ1) is 8.31. The largest absolute Gasteiger partial charge is 0.0907 e. The van der Waals surface area contributed by atoms with Crippen molar-refractivity contribution in [1.82, 2.24) is 0 Å². The third kappa shape index (κ3) is 2.98. The van der Waals surface area contributed by atoms with Crippen molar-refractivity contribution in [1.29, 1.82) is 0 Å². The predicted octanol–water partition coefficient (Wildman–Crippen LogP) is 5.05. The molecule has 1 heteroatoms. The van der Waals surface area contributed by atoms with Crippen molar-refractivity contribution >= 4 is 11.6 Å². The lowest BCUT2D eigenvalue weighted by atomic mass is 9.91. The molecule has 2 rings (SSSR count). The van der Waals surface area contributed by atoms with Crippen molar-refractivity contribution in [3.63, 3.8) is 0 Å². The van der Waals surface area contributed by atoms with Crippen LogP contribution in [0.15, 0.2) is 66.7 Å². The topological polar surface area (TPSA) is 0 Å². The summed E-state index contributed by atoms with van der Waals surface area (Å²) in [4.78, 5) is 0. The van der Waals surface area contributed by atoms with E-state index in [1.807, 2.05) is 25.1 Å². The molecular formula is C16H15Cl. The molecule has 0 radical (unpaired) electrons. The van der Waals surface area contributed by atoms with Crippen LogP contribution in [-0.4, -0.2) is 0 Å². The van der Waals surface area contributed by atoms with Crippen LogP contribution in [-0.2, 0) is 0 Å². The Morgan fingerprint density at radius 1 is 0.882 bits per heavy atom. The van der Waals surface area contributed by atoms with Gasteiger partial charge < -0.3 is 0 Å². The van der Waals surface area contributed by atoms with Crippen LogP contribution in [0.5, 0.6) is 0 Å². The Morgan fingerprint density at radius 2 is 1.47 bits per heavy atom. The van der Waals surface area contributed by atoms with Crippen molar-refractivity contribution in [2.75, 3.05) is 0 Å². The number of rotatable bonds is 3. The third-order valence-electron chi connectivity index (χ3n) is 2.77. The van der Waals surface area contributed by atoms with E-state index in [0.717, 1.165) is 5.02 Å². The Bertz CT molecular complexity index is 483. The SMILES string of the molecule is C/C=C/C(c1ccccc1)c1ccc(Cl)cc1. The van der Waals surface area contributed by atoms with Crippen molar-refractivity contribution in [3.05, 3.63) is 82.9 Å². The van der Waals surface area contributed by atoms with Crippen LogP contribution in [0.2, 0.25) is 5.02 Å². The minimum Gasteiger partial charge on any atom is -0.0907 e. The van der Waals surface area contributed by atoms with E-state index in [9.17, 15) is 0 Å². The standard InChI is InChI=1S/C16H15Cl/c1-2-6-16(13-7-4-3-5-8-13)14-9-11-15(17)12-10-14/h2-12,16H,1H3/b6-2+. The molecule has 1 atom stereocenters. The number of allylic oxidation sites excluding steroid dienone is 2. The average Bonchev–Trinajstić information content (AvgIpc) is 2.38. The summed E-state index contributed by atoms with van der Waals surface area (Å²) in [5.74, 6) is 0.304. The first-order valence-electron chi connectivity index (χ1n) is 5.74. The van der Waals surface area contributed by atoms with Crippen molar-refractivity contribution in [2.45, 2.75) is 12.8 Å². The number of hydrogen-bond acceptors (Lipinski definition) is 0. The summed E-state index contributed by atoms with van der Waals surface area (Å²) in [6.45, 7) is 2.05.